The van der Waals surface area contributed by atoms with Crippen molar-refractivity contribution < 1.29 is 17.2 Å². The summed E-state index contributed by atoms with van der Waals surface area (Å²) in [6.07, 6.45) is 1.57. The SMILES string of the molecule is CNC1CCCN(S(=O)(=O)c2cc(F)ccc2F)C1.Cl. The van der Waals surface area contributed by atoms with Crippen LogP contribution < -0.4 is 5.32 Å². The molecule has 1 atom stereocenters. The van der Waals surface area contributed by atoms with E-state index < -0.39 is 26.6 Å². The molecule has 1 unspecified atom stereocenters. The average Bonchev–Trinajstić information content (AvgIpc) is 2.41. The van der Waals surface area contributed by atoms with Crippen molar-refractivity contribution in [1.29, 1.82) is 0 Å². The Morgan fingerprint density at radius 3 is 2.70 bits per heavy atom. The number of likely N-dealkylation sites (N-methyl/N-ethyl adjacent to an activating group) is 1. The third-order valence-corrected chi connectivity index (χ3v) is 5.18. The highest BCUT2D eigenvalue weighted by atomic mass is 35.5. The smallest absolute Gasteiger partial charge is 0.246 e. The summed E-state index contributed by atoms with van der Waals surface area (Å²) >= 11 is 0. The number of sulfonamides is 1. The minimum atomic E-state index is -3.98. The summed E-state index contributed by atoms with van der Waals surface area (Å²) in [6.45, 7) is 0.602. The van der Waals surface area contributed by atoms with Gasteiger partial charge in [-0.15, -0.1) is 12.4 Å². The van der Waals surface area contributed by atoms with Crippen LogP contribution in [0.15, 0.2) is 23.1 Å². The largest absolute Gasteiger partial charge is 0.316 e. The number of hydrogen-bond donors (Lipinski definition) is 1. The van der Waals surface area contributed by atoms with Crippen LogP contribution in [0.25, 0.3) is 0 Å². The van der Waals surface area contributed by atoms with Gasteiger partial charge in [-0.25, -0.2) is 17.2 Å². The van der Waals surface area contributed by atoms with Gasteiger partial charge in [0.05, 0.1) is 0 Å². The fourth-order valence-electron chi connectivity index (χ4n) is 2.21. The van der Waals surface area contributed by atoms with Gasteiger partial charge in [0.2, 0.25) is 10.0 Å². The fourth-order valence-corrected chi connectivity index (χ4v) is 3.81. The average molecular weight is 327 g/mol. The molecule has 114 valence electrons. The van der Waals surface area contributed by atoms with Crippen LogP contribution in [0.5, 0.6) is 0 Å². The lowest BCUT2D eigenvalue weighted by molar-refractivity contribution is 0.292. The Morgan fingerprint density at radius 1 is 1.35 bits per heavy atom. The van der Waals surface area contributed by atoms with Crippen molar-refractivity contribution in [3.63, 3.8) is 0 Å². The Kier molecular flexibility index (Phi) is 5.88. The van der Waals surface area contributed by atoms with Crippen LogP contribution in [0, 0.1) is 11.6 Å². The molecule has 1 saturated heterocycles. The zero-order valence-corrected chi connectivity index (χ0v) is 12.6. The van der Waals surface area contributed by atoms with Crippen LogP contribution in [0.2, 0.25) is 0 Å². The van der Waals surface area contributed by atoms with Crippen molar-refractivity contribution >= 4 is 22.4 Å². The van der Waals surface area contributed by atoms with Gasteiger partial charge in [-0.05, 0) is 38.1 Å². The molecule has 0 spiro atoms. The maximum absolute atomic E-state index is 13.6. The summed E-state index contributed by atoms with van der Waals surface area (Å²) in [5.74, 6) is -1.69. The lowest BCUT2D eigenvalue weighted by atomic mass is 10.1. The van der Waals surface area contributed by atoms with E-state index in [2.05, 4.69) is 5.32 Å². The summed E-state index contributed by atoms with van der Waals surface area (Å²) < 4.78 is 52.6. The number of rotatable bonds is 3. The number of benzene rings is 1. The van der Waals surface area contributed by atoms with Gasteiger partial charge in [0.1, 0.15) is 16.5 Å². The second-order valence-corrected chi connectivity index (χ2v) is 6.47. The van der Waals surface area contributed by atoms with Gasteiger partial charge in [-0.2, -0.15) is 4.31 Å². The molecule has 0 radical (unpaired) electrons. The fraction of sp³-hybridized carbons (Fsp3) is 0.500. The molecule has 2 rings (SSSR count). The molecule has 0 aliphatic carbocycles. The van der Waals surface area contributed by atoms with E-state index in [1.54, 1.807) is 7.05 Å². The van der Waals surface area contributed by atoms with Crippen molar-refractivity contribution in [2.45, 2.75) is 23.8 Å². The Morgan fingerprint density at radius 2 is 2.05 bits per heavy atom. The first-order chi connectivity index (χ1) is 8.95. The zero-order chi connectivity index (χ0) is 14.0. The molecule has 1 aliphatic rings. The summed E-state index contributed by atoms with van der Waals surface area (Å²) in [6, 6.07) is 2.51. The zero-order valence-electron chi connectivity index (χ0n) is 11.0. The standard InChI is InChI=1S/C12H16F2N2O2S.ClH/c1-15-10-3-2-6-16(8-10)19(17,18)12-7-9(13)4-5-11(12)14;/h4-5,7,10,15H,2-3,6,8H2,1H3;1H. The Hall–Kier alpha value is -0.760. The minimum Gasteiger partial charge on any atom is -0.316 e. The molecule has 1 N–H and O–H groups in total. The van der Waals surface area contributed by atoms with Crippen molar-refractivity contribution in [2.24, 2.45) is 0 Å². The highest BCUT2D eigenvalue weighted by Crippen LogP contribution is 2.23. The molecule has 8 heteroatoms. The van der Waals surface area contributed by atoms with Gasteiger partial charge in [-0.3, -0.25) is 0 Å². The number of nitrogens with one attached hydrogen (secondary N) is 1. The van der Waals surface area contributed by atoms with Crippen molar-refractivity contribution in [3.05, 3.63) is 29.8 Å². The van der Waals surface area contributed by atoms with E-state index in [1.807, 2.05) is 0 Å². The van der Waals surface area contributed by atoms with Crippen LogP contribution >= 0.6 is 12.4 Å². The lowest BCUT2D eigenvalue weighted by Crippen LogP contribution is -2.47. The van der Waals surface area contributed by atoms with Gasteiger partial charge in [0.25, 0.3) is 0 Å². The topological polar surface area (TPSA) is 49.4 Å². The normalized spacial score (nSPS) is 20.4. The van der Waals surface area contributed by atoms with Gasteiger partial charge >= 0.3 is 0 Å². The number of nitrogens with zero attached hydrogens (tertiary/aromatic N) is 1. The first-order valence-electron chi connectivity index (χ1n) is 6.07. The van der Waals surface area contributed by atoms with Crippen LogP contribution in [0.1, 0.15) is 12.8 Å². The monoisotopic (exact) mass is 326 g/mol. The van der Waals surface area contributed by atoms with Gasteiger partial charge in [-0.1, -0.05) is 0 Å². The van der Waals surface area contributed by atoms with Crippen LogP contribution in [0.3, 0.4) is 0 Å². The molecule has 20 heavy (non-hydrogen) atoms. The second kappa shape index (κ2) is 6.80. The predicted octanol–water partition coefficient (Wildman–Crippen LogP) is 1.76. The molecular weight excluding hydrogens is 310 g/mol. The lowest BCUT2D eigenvalue weighted by Gasteiger charge is -2.31. The van der Waals surface area contributed by atoms with Gasteiger partial charge in [0, 0.05) is 19.1 Å². The van der Waals surface area contributed by atoms with E-state index in [4.69, 9.17) is 0 Å². The molecule has 0 aromatic heterocycles. The van der Waals surface area contributed by atoms with Gasteiger partial charge < -0.3 is 5.32 Å². The Labute approximate surface area is 123 Å². The maximum Gasteiger partial charge on any atom is 0.246 e. The molecule has 1 aromatic carbocycles. The Bertz CT molecular complexity index is 569. The summed E-state index contributed by atoms with van der Waals surface area (Å²) in [5.41, 5.74) is 0. The van der Waals surface area contributed by atoms with Crippen molar-refractivity contribution in [3.8, 4) is 0 Å². The third kappa shape index (κ3) is 3.46. The van der Waals surface area contributed by atoms with Crippen molar-refractivity contribution in [1.82, 2.24) is 9.62 Å². The molecule has 1 aromatic rings. The molecular formula is C12H17ClF2N2O2S. The molecule has 1 fully saturated rings. The quantitative estimate of drug-likeness (QED) is 0.921. The van der Waals surface area contributed by atoms with E-state index in [0.717, 1.165) is 24.6 Å². The summed E-state index contributed by atoms with van der Waals surface area (Å²) in [7, 11) is -2.23. The molecule has 0 saturated carbocycles. The number of piperidine rings is 1. The van der Waals surface area contributed by atoms with E-state index in [1.165, 1.54) is 4.31 Å². The molecule has 0 amide bonds. The first-order valence-corrected chi connectivity index (χ1v) is 7.51. The molecule has 1 heterocycles. The highest BCUT2D eigenvalue weighted by Gasteiger charge is 2.31. The maximum atomic E-state index is 13.6. The van der Waals surface area contributed by atoms with Crippen LogP contribution in [-0.2, 0) is 10.0 Å². The van der Waals surface area contributed by atoms with E-state index >= 15 is 0 Å². The minimum absolute atomic E-state index is 0. The van der Waals surface area contributed by atoms with Crippen LogP contribution in [0.4, 0.5) is 8.78 Å². The van der Waals surface area contributed by atoms with Crippen molar-refractivity contribution in [2.75, 3.05) is 20.1 Å². The highest BCUT2D eigenvalue weighted by molar-refractivity contribution is 7.89. The number of hydrogen-bond acceptors (Lipinski definition) is 3. The second-order valence-electron chi connectivity index (χ2n) is 4.57. The van der Waals surface area contributed by atoms with E-state index in [0.29, 0.717) is 13.0 Å². The Balaban J connectivity index is 0.00000200. The summed E-state index contributed by atoms with van der Waals surface area (Å²) in [4.78, 5) is -0.593. The molecule has 4 nitrogen and oxygen atoms in total. The predicted molar refractivity (Wildman–Crippen MR) is 74.4 cm³/mol. The first kappa shape index (κ1) is 17.3. The summed E-state index contributed by atoms with van der Waals surface area (Å²) in [5, 5.41) is 3.01. The van der Waals surface area contributed by atoms with Gasteiger partial charge in [0.15, 0.2) is 0 Å². The molecule has 1 aliphatic heterocycles. The van der Waals surface area contributed by atoms with Crippen LogP contribution in [-0.4, -0.2) is 38.9 Å². The van der Waals surface area contributed by atoms with E-state index in [9.17, 15) is 17.2 Å². The third-order valence-electron chi connectivity index (χ3n) is 3.30. The van der Waals surface area contributed by atoms with E-state index in [-0.39, 0.29) is 25.0 Å². The molecule has 0 bridgehead atoms. The number of halogens is 3.